The smallest absolute Gasteiger partial charge is 0.252 e. The van der Waals surface area contributed by atoms with E-state index < -0.39 is 0 Å². The maximum atomic E-state index is 13.2. The summed E-state index contributed by atoms with van der Waals surface area (Å²) in [5.74, 6) is 3.43. The number of ether oxygens (including phenoxy) is 1. The third-order valence-electron chi connectivity index (χ3n) is 7.79. The van der Waals surface area contributed by atoms with E-state index in [4.69, 9.17) is 16.3 Å². The Kier molecular flexibility index (Phi) is 5.48. The summed E-state index contributed by atoms with van der Waals surface area (Å²) in [6.45, 7) is 0.889. The van der Waals surface area contributed by atoms with Crippen molar-refractivity contribution in [1.29, 1.82) is 0 Å². The maximum absolute atomic E-state index is 13.2. The third kappa shape index (κ3) is 4.15. The zero-order valence-electron chi connectivity index (χ0n) is 18.8. The molecular formula is C25H27ClN6O2. The standard InChI is InChI=1S/C25H27ClN6O2/c26-20-4-3-18(23-21(2-1-5-27-23)34-13-22-29-31-32-30-22)9-19(20)24(33)28-14-25-10-15-6-16(11-25)8-17(7-15)12-25/h1-5,9,15-17H,6-8,10-14H2,(H,28,33)(H,29,30,31,32). The summed E-state index contributed by atoms with van der Waals surface area (Å²) < 4.78 is 5.87. The fourth-order valence-corrected chi connectivity index (χ4v) is 7.03. The first-order valence-corrected chi connectivity index (χ1v) is 12.3. The molecule has 7 rings (SSSR count). The predicted molar refractivity (Wildman–Crippen MR) is 126 cm³/mol. The lowest BCUT2D eigenvalue weighted by molar-refractivity contribution is -0.0503. The van der Waals surface area contributed by atoms with Crippen LogP contribution in [0, 0.1) is 23.2 Å². The van der Waals surface area contributed by atoms with E-state index in [1.54, 1.807) is 24.4 Å². The first-order chi connectivity index (χ1) is 16.6. The number of amides is 1. The van der Waals surface area contributed by atoms with Crippen LogP contribution in [0.15, 0.2) is 36.5 Å². The van der Waals surface area contributed by atoms with Gasteiger partial charge in [0.15, 0.2) is 6.61 Å². The van der Waals surface area contributed by atoms with Gasteiger partial charge in [-0.2, -0.15) is 5.21 Å². The summed E-state index contributed by atoms with van der Waals surface area (Å²) in [4.78, 5) is 17.7. The Morgan fingerprint density at radius 3 is 2.62 bits per heavy atom. The van der Waals surface area contributed by atoms with Crippen molar-refractivity contribution in [3.05, 3.63) is 52.9 Å². The van der Waals surface area contributed by atoms with Gasteiger partial charge < -0.3 is 10.1 Å². The number of nitrogens with zero attached hydrogens (tertiary/aromatic N) is 4. The summed E-state index contributed by atoms with van der Waals surface area (Å²) in [5, 5.41) is 17.4. The molecule has 3 aromatic rings. The van der Waals surface area contributed by atoms with Gasteiger partial charge in [-0.15, -0.1) is 10.2 Å². The molecule has 4 aliphatic carbocycles. The quantitative estimate of drug-likeness (QED) is 0.520. The minimum atomic E-state index is -0.132. The molecule has 9 heteroatoms. The van der Waals surface area contributed by atoms with Gasteiger partial charge in [0.2, 0.25) is 5.82 Å². The first kappa shape index (κ1) is 21.5. The monoisotopic (exact) mass is 478 g/mol. The number of aromatic amines is 1. The Morgan fingerprint density at radius 2 is 1.91 bits per heavy atom. The maximum Gasteiger partial charge on any atom is 0.252 e. The minimum absolute atomic E-state index is 0.132. The van der Waals surface area contributed by atoms with Gasteiger partial charge in [-0.1, -0.05) is 22.9 Å². The second kappa shape index (κ2) is 8.65. The van der Waals surface area contributed by atoms with Crippen LogP contribution in [0.3, 0.4) is 0 Å². The van der Waals surface area contributed by atoms with Gasteiger partial charge in [-0.3, -0.25) is 9.78 Å². The zero-order chi connectivity index (χ0) is 23.1. The number of tetrazole rings is 1. The van der Waals surface area contributed by atoms with Crippen molar-refractivity contribution >= 4 is 17.5 Å². The highest BCUT2D eigenvalue weighted by Gasteiger charge is 2.50. The predicted octanol–water partition coefficient (Wildman–Crippen LogP) is 4.44. The Labute approximate surface area is 202 Å². The fourth-order valence-electron chi connectivity index (χ4n) is 6.83. The summed E-state index contributed by atoms with van der Waals surface area (Å²) >= 11 is 6.46. The lowest BCUT2D eigenvalue weighted by atomic mass is 9.49. The molecule has 4 fully saturated rings. The summed E-state index contributed by atoms with van der Waals surface area (Å²) in [5.41, 5.74) is 2.11. The highest BCUT2D eigenvalue weighted by atomic mass is 35.5. The minimum Gasteiger partial charge on any atom is -0.483 e. The van der Waals surface area contributed by atoms with E-state index in [9.17, 15) is 4.79 Å². The third-order valence-corrected chi connectivity index (χ3v) is 8.12. The van der Waals surface area contributed by atoms with Gasteiger partial charge in [0.25, 0.3) is 5.91 Å². The number of rotatable bonds is 7. The van der Waals surface area contributed by atoms with Gasteiger partial charge in [0, 0.05) is 18.3 Å². The van der Waals surface area contributed by atoms with Crippen molar-refractivity contribution in [1.82, 2.24) is 30.9 Å². The molecule has 1 aromatic carbocycles. The van der Waals surface area contributed by atoms with E-state index in [1.807, 2.05) is 12.1 Å². The van der Waals surface area contributed by atoms with Crippen molar-refractivity contribution in [3.63, 3.8) is 0 Å². The molecule has 0 unspecified atom stereocenters. The molecule has 0 saturated heterocycles. The fraction of sp³-hybridized carbons (Fsp3) is 0.480. The van der Waals surface area contributed by atoms with E-state index in [0.29, 0.717) is 27.9 Å². The van der Waals surface area contributed by atoms with Crippen LogP contribution in [0.25, 0.3) is 11.3 Å². The second-order valence-corrected chi connectivity index (χ2v) is 10.7. The number of hydrogen-bond donors (Lipinski definition) is 2. The zero-order valence-corrected chi connectivity index (χ0v) is 19.6. The topological polar surface area (TPSA) is 106 Å². The SMILES string of the molecule is O=C(NCC12CC3CC(CC(C3)C1)C2)c1cc(-c2ncccc2OCc2nn[nH]n2)ccc1Cl. The van der Waals surface area contributed by atoms with E-state index in [-0.39, 0.29) is 17.9 Å². The molecule has 1 amide bonds. The molecule has 0 atom stereocenters. The van der Waals surface area contributed by atoms with Crippen molar-refractivity contribution < 1.29 is 9.53 Å². The molecule has 176 valence electrons. The van der Waals surface area contributed by atoms with Gasteiger partial charge >= 0.3 is 0 Å². The van der Waals surface area contributed by atoms with E-state index in [2.05, 4.69) is 30.9 Å². The highest BCUT2D eigenvalue weighted by Crippen LogP contribution is 2.59. The Morgan fingerprint density at radius 1 is 1.15 bits per heavy atom. The molecular weight excluding hydrogens is 452 g/mol. The first-order valence-electron chi connectivity index (χ1n) is 12.0. The van der Waals surface area contributed by atoms with Crippen LogP contribution < -0.4 is 10.1 Å². The Hall–Kier alpha value is -3.00. The number of hydrogen-bond acceptors (Lipinski definition) is 6. The number of carbonyl (C=O) groups is 1. The largest absolute Gasteiger partial charge is 0.483 e. The van der Waals surface area contributed by atoms with E-state index >= 15 is 0 Å². The van der Waals surface area contributed by atoms with Crippen LogP contribution in [-0.2, 0) is 6.61 Å². The van der Waals surface area contributed by atoms with E-state index in [0.717, 1.165) is 29.9 Å². The number of carbonyl (C=O) groups excluding carboxylic acids is 1. The van der Waals surface area contributed by atoms with Crippen molar-refractivity contribution in [2.75, 3.05) is 6.54 Å². The lowest BCUT2D eigenvalue weighted by Gasteiger charge is -2.56. The normalized spacial score (nSPS) is 27.0. The average molecular weight is 479 g/mol. The number of nitrogens with one attached hydrogen (secondary N) is 2. The molecule has 2 heterocycles. The van der Waals surface area contributed by atoms with Crippen molar-refractivity contribution in [3.8, 4) is 17.0 Å². The second-order valence-electron chi connectivity index (χ2n) is 10.3. The van der Waals surface area contributed by atoms with Crippen LogP contribution in [-0.4, -0.2) is 38.1 Å². The summed E-state index contributed by atoms with van der Waals surface area (Å²) in [6, 6.07) is 9.00. The van der Waals surface area contributed by atoms with Gasteiger partial charge in [-0.25, -0.2) is 0 Å². The highest BCUT2D eigenvalue weighted by molar-refractivity contribution is 6.34. The number of halogens is 1. The summed E-state index contributed by atoms with van der Waals surface area (Å²) in [7, 11) is 0. The Balaban J connectivity index is 1.19. The van der Waals surface area contributed by atoms with Gasteiger partial charge in [-0.05, 0) is 86.0 Å². The molecule has 2 N–H and O–H groups in total. The van der Waals surface area contributed by atoms with Gasteiger partial charge in [0.1, 0.15) is 11.4 Å². The molecule has 2 aromatic heterocycles. The van der Waals surface area contributed by atoms with Crippen LogP contribution in [0.4, 0.5) is 0 Å². The van der Waals surface area contributed by atoms with Crippen LogP contribution in [0.5, 0.6) is 5.75 Å². The average Bonchev–Trinajstić information content (AvgIpc) is 3.35. The molecule has 4 aliphatic rings. The van der Waals surface area contributed by atoms with Crippen LogP contribution in [0.2, 0.25) is 5.02 Å². The molecule has 0 radical (unpaired) electrons. The van der Waals surface area contributed by atoms with E-state index in [1.165, 1.54) is 38.5 Å². The summed E-state index contributed by atoms with van der Waals surface area (Å²) in [6.07, 6.45) is 9.62. The van der Waals surface area contributed by atoms with Crippen molar-refractivity contribution in [2.24, 2.45) is 23.2 Å². The Bertz CT molecular complexity index is 1160. The molecule has 34 heavy (non-hydrogen) atoms. The number of benzene rings is 1. The molecule has 8 nitrogen and oxygen atoms in total. The lowest BCUT2D eigenvalue weighted by Crippen LogP contribution is -2.51. The van der Waals surface area contributed by atoms with Crippen LogP contribution >= 0.6 is 11.6 Å². The van der Waals surface area contributed by atoms with Crippen LogP contribution in [0.1, 0.15) is 54.7 Å². The molecule has 0 aliphatic heterocycles. The molecule has 0 spiro atoms. The number of pyridine rings is 1. The molecule has 4 bridgehead atoms. The van der Waals surface area contributed by atoms with Crippen molar-refractivity contribution in [2.45, 2.75) is 45.1 Å². The van der Waals surface area contributed by atoms with Gasteiger partial charge in [0.05, 0.1) is 10.6 Å². The number of H-pyrrole nitrogens is 1. The molecule has 4 saturated carbocycles. The number of aromatic nitrogens is 5.